The molecule has 0 aliphatic carbocycles. The lowest BCUT2D eigenvalue weighted by molar-refractivity contribution is -0.120. The van der Waals surface area contributed by atoms with Gasteiger partial charge < -0.3 is 15.1 Å². The van der Waals surface area contributed by atoms with Gasteiger partial charge in [0.15, 0.2) is 5.76 Å². The monoisotopic (exact) mass is 274 g/mol. The zero-order valence-corrected chi connectivity index (χ0v) is 11.7. The van der Waals surface area contributed by atoms with Crippen LogP contribution in [0.15, 0.2) is 28.7 Å². The van der Waals surface area contributed by atoms with Crippen molar-refractivity contribution >= 4 is 22.8 Å². The minimum atomic E-state index is -0.370. The summed E-state index contributed by atoms with van der Waals surface area (Å²) in [5, 5.41) is 6.17. The molecule has 5 nitrogen and oxygen atoms in total. The molecule has 106 valence electrons. The fraction of sp³-hybridized carbons (Fsp3) is 0.333. The SMILES string of the molecule is CCCNC(=O)CNC(=O)c1oc2ccccc2c1C. The van der Waals surface area contributed by atoms with Crippen LogP contribution in [-0.4, -0.2) is 24.9 Å². The number of carbonyl (C=O) groups excluding carboxylic acids is 2. The van der Waals surface area contributed by atoms with Gasteiger partial charge in [-0.1, -0.05) is 25.1 Å². The average molecular weight is 274 g/mol. The predicted octanol–water partition coefficient (Wildman–Crippen LogP) is 2.00. The van der Waals surface area contributed by atoms with E-state index in [4.69, 9.17) is 4.42 Å². The van der Waals surface area contributed by atoms with E-state index < -0.39 is 0 Å². The standard InChI is InChI=1S/C15H18N2O3/c1-3-8-16-13(18)9-17-15(19)14-10(2)11-6-4-5-7-12(11)20-14/h4-7H,3,8-9H2,1-2H3,(H,16,18)(H,17,19). The first-order valence-corrected chi connectivity index (χ1v) is 6.66. The van der Waals surface area contributed by atoms with E-state index in [2.05, 4.69) is 10.6 Å². The summed E-state index contributed by atoms with van der Waals surface area (Å²) < 4.78 is 5.53. The zero-order valence-electron chi connectivity index (χ0n) is 11.7. The molecule has 0 saturated heterocycles. The van der Waals surface area contributed by atoms with Crippen molar-refractivity contribution < 1.29 is 14.0 Å². The summed E-state index contributed by atoms with van der Waals surface area (Å²) >= 11 is 0. The highest BCUT2D eigenvalue weighted by molar-refractivity contribution is 6.00. The van der Waals surface area contributed by atoms with Gasteiger partial charge in [-0.05, 0) is 19.4 Å². The lowest BCUT2D eigenvalue weighted by Gasteiger charge is -2.04. The molecule has 0 bridgehead atoms. The fourth-order valence-corrected chi connectivity index (χ4v) is 1.96. The number of furan rings is 1. The molecule has 2 amide bonds. The van der Waals surface area contributed by atoms with Gasteiger partial charge in [-0.15, -0.1) is 0 Å². The Morgan fingerprint density at radius 2 is 1.95 bits per heavy atom. The van der Waals surface area contributed by atoms with Gasteiger partial charge in [-0.25, -0.2) is 0 Å². The van der Waals surface area contributed by atoms with Crippen molar-refractivity contribution in [3.63, 3.8) is 0 Å². The van der Waals surface area contributed by atoms with Crippen molar-refractivity contribution in [1.82, 2.24) is 10.6 Å². The maximum atomic E-state index is 12.0. The molecule has 0 unspecified atom stereocenters. The number of nitrogens with one attached hydrogen (secondary N) is 2. The van der Waals surface area contributed by atoms with Crippen LogP contribution >= 0.6 is 0 Å². The molecule has 0 aliphatic rings. The maximum Gasteiger partial charge on any atom is 0.287 e. The first kappa shape index (κ1) is 14.1. The van der Waals surface area contributed by atoms with Gasteiger partial charge in [0, 0.05) is 17.5 Å². The molecule has 5 heteroatoms. The highest BCUT2D eigenvalue weighted by atomic mass is 16.3. The van der Waals surface area contributed by atoms with Crippen LogP contribution in [0.25, 0.3) is 11.0 Å². The molecule has 1 aromatic carbocycles. The van der Waals surface area contributed by atoms with Crippen LogP contribution in [0.4, 0.5) is 0 Å². The van der Waals surface area contributed by atoms with Crippen molar-refractivity contribution in [1.29, 1.82) is 0 Å². The summed E-state index contributed by atoms with van der Waals surface area (Å²) in [6.45, 7) is 4.36. The van der Waals surface area contributed by atoms with Crippen LogP contribution in [0.2, 0.25) is 0 Å². The second kappa shape index (κ2) is 6.23. The van der Waals surface area contributed by atoms with Gasteiger partial charge >= 0.3 is 0 Å². The number of aryl methyl sites for hydroxylation is 1. The van der Waals surface area contributed by atoms with E-state index in [1.54, 1.807) is 0 Å². The third kappa shape index (κ3) is 2.99. The topological polar surface area (TPSA) is 71.3 Å². The molecule has 20 heavy (non-hydrogen) atoms. The van der Waals surface area contributed by atoms with Crippen molar-refractivity contribution in [3.8, 4) is 0 Å². The predicted molar refractivity (Wildman–Crippen MR) is 76.6 cm³/mol. The van der Waals surface area contributed by atoms with Crippen molar-refractivity contribution in [2.24, 2.45) is 0 Å². The Bertz CT molecular complexity index is 631. The molecule has 0 radical (unpaired) electrons. The highest BCUT2D eigenvalue weighted by Crippen LogP contribution is 2.24. The van der Waals surface area contributed by atoms with E-state index in [0.717, 1.165) is 17.4 Å². The third-order valence-electron chi connectivity index (χ3n) is 3.03. The van der Waals surface area contributed by atoms with E-state index in [0.29, 0.717) is 12.1 Å². The molecule has 2 N–H and O–H groups in total. The molecular weight excluding hydrogens is 256 g/mol. The van der Waals surface area contributed by atoms with E-state index >= 15 is 0 Å². The lowest BCUT2D eigenvalue weighted by atomic mass is 10.1. The number of benzene rings is 1. The van der Waals surface area contributed by atoms with Gasteiger partial charge in [0.2, 0.25) is 5.91 Å². The summed E-state index contributed by atoms with van der Waals surface area (Å²) in [7, 11) is 0. The Labute approximate surface area is 117 Å². The van der Waals surface area contributed by atoms with E-state index in [-0.39, 0.29) is 24.1 Å². The second-order valence-electron chi connectivity index (χ2n) is 4.58. The molecule has 0 saturated carbocycles. The van der Waals surface area contributed by atoms with Gasteiger partial charge in [0.25, 0.3) is 5.91 Å². The Kier molecular flexibility index (Phi) is 4.40. The molecule has 0 spiro atoms. The average Bonchev–Trinajstić information content (AvgIpc) is 2.80. The van der Waals surface area contributed by atoms with Gasteiger partial charge in [0.1, 0.15) is 5.58 Å². The molecular formula is C15H18N2O3. The molecule has 2 aromatic rings. The number of para-hydroxylation sites is 1. The van der Waals surface area contributed by atoms with Crippen LogP contribution in [0, 0.1) is 6.92 Å². The maximum absolute atomic E-state index is 12.0. The summed E-state index contributed by atoms with van der Waals surface area (Å²) in [6, 6.07) is 7.46. The van der Waals surface area contributed by atoms with Crippen LogP contribution in [0.1, 0.15) is 29.5 Å². The molecule has 0 aliphatic heterocycles. The quantitative estimate of drug-likeness (QED) is 0.876. The normalized spacial score (nSPS) is 10.5. The largest absolute Gasteiger partial charge is 0.451 e. The van der Waals surface area contributed by atoms with Crippen LogP contribution < -0.4 is 10.6 Å². The lowest BCUT2D eigenvalue weighted by Crippen LogP contribution is -2.37. The Morgan fingerprint density at radius 3 is 2.65 bits per heavy atom. The third-order valence-corrected chi connectivity index (χ3v) is 3.03. The second-order valence-corrected chi connectivity index (χ2v) is 4.58. The minimum absolute atomic E-state index is 0.0463. The first-order valence-electron chi connectivity index (χ1n) is 6.66. The first-order chi connectivity index (χ1) is 9.63. The Hall–Kier alpha value is -2.30. The molecule has 1 aromatic heterocycles. The van der Waals surface area contributed by atoms with Gasteiger partial charge in [-0.3, -0.25) is 9.59 Å². The van der Waals surface area contributed by atoms with E-state index in [9.17, 15) is 9.59 Å². The number of carbonyl (C=O) groups is 2. The van der Waals surface area contributed by atoms with Crippen molar-refractivity contribution in [3.05, 3.63) is 35.6 Å². The molecule has 2 rings (SSSR count). The van der Waals surface area contributed by atoms with Crippen molar-refractivity contribution in [2.45, 2.75) is 20.3 Å². The molecule has 0 fully saturated rings. The molecule has 0 atom stereocenters. The number of fused-ring (bicyclic) bond motifs is 1. The molecule has 1 heterocycles. The zero-order chi connectivity index (χ0) is 14.5. The number of hydrogen-bond acceptors (Lipinski definition) is 3. The smallest absolute Gasteiger partial charge is 0.287 e. The van der Waals surface area contributed by atoms with Crippen LogP contribution in [0.5, 0.6) is 0 Å². The summed E-state index contributed by atoms with van der Waals surface area (Å²) in [5.74, 6) is -0.311. The van der Waals surface area contributed by atoms with Gasteiger partial charge in [-0.2, -0.15) is 0 Å². The minimum Gasteiger partial charge on any atom is -0.451 e. The Morgan fingerprint density at radius 1 is 1.20 bits per heavy atom. The van der Waals surface area contributed by atoms with Crippen LogP contribution in [0.3, 0.4) is 0 Å². The number of hydrogen-bond donors (Lipinski definition) is 2. The summed E-state index contributed by atoms with van der Waals surface area (Å²) in [6.07, 6.45) is 0.863. The summed E-state index contributed by atoms with van der Waals surface area (Å²) in [5.41, 5.74) is 1.46. The van der Waals surface area contributed by atoms with E-state index in [1.165, 1.54) is 0 Å². The van der Waals surface area contributed by atoms with E-state index in [1.807, 2.05) is 38.1 Å². The fourth-order valence-electron chi connectivity index (χ4n) is 1.96. The van der Waals surface area contributed by atoms with Gasteiger partial charge in [0.05, 0.1) is 6.54 Å². The van der Waals surface area contributed by atoms with Crippen LogP contribution in [-0.2, 0) is 4.79 Å². The highest BCUT2D eigenvalue weighted by Gasteiger charge is 2.17. The number of rotatable bonds is 5. The van der Waals surface area contributed by atoms with Crippen molar-refractivity contribution in [2.75, 3.05) is 13.1 Å². The number of amides is 2. The Balaban J connectivity index is 2.04. The summed E-state index contributed by atoms with van der Waals surface area (Å²) in [4.78, 5) is 23.5.